The third kappa shape index (κ3) is 5.22. The third-order valence-corrected chi connectivity index (χ3v) is 3.81. The molecule has 1 heterocycles. The highest BCUT2D eigenvalue weighted by Gasteiger charge is 2.28. The van der Waals surface area contributed by atoms with Crippen LogP contribution in [0.1, 0.15) is 37.6 Å². The maximum absolute atomic E-state index is 12.3. The van der Waals surface area contributed by atoms with Crippen LogP contribution in [0.2, 0.25) is 0 Å². The Hall–Kier alpha value is -3.03. The summed E-state index contributed by atoms with van der Waals surface area (Å²) >= 11 is 0. The zero-order chi connectivity index (χ0) is 19.8. The average Bonchev–Trinajstić information content (AvgIpc) is 2.80. The lowest BCUT2D eigenvalue weighted by Gasteiger charge is -2.20. The fourth-order valence-corrected chi connectivity index (χ4v) is 2.62. The Morgan fingerprint density at radius 3 is 2.26 bits per heavy atom. The number of esters is 3. The van der Waals surface area contributed by atoms with E-state index in [4.69, 9.17) is 14.2 Å². The zero-order valence-corrected chi connectivity index (χ0v) is 15.7. The summed E-state index contributed by atoms with van der Waals surface area (Å²) in [7, 11) is 0. The van der Waals surface area contributed by atoms with E-state index in [0.29, 0.717) is 16.9 Å². The van der Waals surface area contributed by atoms with Gasteiger partial charge in [-0.3, -0.25) is 4.79 Å². The number of hydrogen-bond donors (Lipinski definition) is 2. The lowest BCUT2D eigenvalue weighted by molar-refractivity contribution is -0.143. The molecule has 0 saturated carbocycles. The van der Waals surface area contributed by atoms with Gasteiger partial charge in [0.1, 0.15) is 0 Å². The Kier molecular flexibility index (Phi) is 7.22. The van der Waals surface area contributed by atoms with Crippen LogP contribution < -0.4 is 10.6 Å². The van der Waals surface area contributed by atoms with Crippen molar-refractivity contribution >= 4 is 29.3 Å². The van der Waals surface area contributed by atoms with Gasteiger partial charge in [-0.1, -0.05) is 0 Å². The summed E-state index contributed by atoms with van der Waals surface area (Å²) in [6.07, 6.45) is 1.44. The Morgan fingerprint density at radius 1 is 0.926 bits per heavy atom. The summed E-state index contributed by atoms with van der Waals surface area (Å²) in [5.41, 5.74) is 1.83. The van der Waals surface area contributed by atoms with Crippen molar-refractivity contribution in [3.8, 4) is 0 Å². The number of ether oxygens (including phenoxy) is 3. The predicted molar refractivity (Wildman–Crippen MR) is 99.4 cm³/mol. The number of anilines is 2. The van der Waals surface area contributed by atoms with Gasteiger partial charge in [0.05, 0.1) is 54.8 Å². The molecule has 1 aromatic rings. The van der Waals surface area contributed by atoms with Crippen molar-refractivity contribution in [2.24, 2.45) is 0 Å². The molecular weight excluding hydrogens is 352 g/mol. The van der Waals surface area contributed by atoms with E-state index in [-0.39, 0.29) is 31.8 Å². The number of carbonyl (C=O) groups is 3. The monoisotopic (exact) mass is 376 g/mol. The van der Waals surface area contributed by atoms with E-state index in [1.807, 2.05) is 0 Å². The Labute approximate surface area is 157 Å². The van der Waals surface area contributed by atoms with Crippen LogP contribution in [0.15, 0.2) is 30.0 Å². The first-order valence-electron chi connectivity index (χ1n) is 8.87. The zero-order valence-electron chi connectivity index (χ0n) is 15.7. The van der Waals surface area contributed by atoms with E-state index in [1.54, 1.807) is 39.0 Å². The van der Waals surface area contributed by atoms with Crippen molar-refractivity contribution < 1.29 is 28.6 Å². The van der Waals surface area contributed by atoms with Crippen LogP contribution in [-0.4, -0.2) is 43.8 Å². The van der Waals surface area contributed by atoms with Gasteiger partial charge in [-0.05, 0) is 39.0 Å². The molecule has 0 aromatic heterocycles. The quantitative estimate of drug-likeness (QED) is 0.553. The van der Waals surface area contributed by atoms with Crippen LogP contribution in [0.3, 0.4) is 0 Å². The number of nitrogens with one attached hydrogen (secondary N) is 2. The molecule has 1 atom stereocenters. The highest BCUT2D eigenvalue weighted by molar-refractivity contribution is 5.96. The van der Waals surface area contributed by atoms with E-state index in [0.717, 1.165) is 0 Å². The minimum absolute atomic E-state index is 0.0662. The van der Waals surface area contributed by atoms with Gasteiger partial charge in [0.15, 0.2) is 0 Å². The Bertz CT molecular complexity index is 744. The first-order chi connectivity index (χ1) is 13.0. The summed E-state index contributed by atoms with van der Waals surface area (Å²) in [4.78, 5) is 36.3. The van der Waals surface area contributed by atoms with Gasteiger partial charge in [0, 0.05) is 6.20 Å². The maximum Gasteiger partial charge on any atom is 0.338 e. The summed E-state index contributed by atoms with van der Waals surface area (Å²) in [6.45, 7) is 5.86. The molecule has 1 aliphatic rings. The van der Waals surface area contributed by atoms with E-state index in [9.17, 15) is 14.4 Å². The minimum atomic E-state index is -0.672. The van der Waals surface area contributed by atoms with Crippen LogP contribution in [0.25, 0.3) is 0 Å². The Balaban J connectivity index is 2.33. The smallest absolute Gasteiger partial charge is 0.338 e. The van der Waals surface area contributed by atoms with Gasteiger partial charge in [-0.25, -0.2) is 9.59 Å². The average molecular weight is 376 g/mol. The van der Waals surface area contributed by atoms with E-state index in [1.165, 1.54) is 6.20 Å². The first kappa shape index (κ1) is 20.3. The standard InChI is InChI=1S/C19H24N2O6/c1-4-25-17(22)10-15-13(19(24)27-6-3)11-20-14-8-7-12(9-16(14)21-15)18(23)26-5-2/h7-9,11,15,20-21H,4-6,10H2,1-3H3/t15-/m1/s1. The first-order valence-corrected chi connectivity index (χ1v) is 8.87. The molecule has 146 valence electrons. The SMILES string of the molecule is CCOC(=O)C[C@H]1Nc2cc(C(=O)OCC)ccc2NC=C1C(=O)OCC. The van der Waals surface area contributed by atoms with Crippen molar-refractivity contribution in [1.29, 1.82) is 0 Å². The van der Waals surface area contributed by atoms with Crippen molar-refractivity contribution in [3.05, 3.63) is 35.5 Å². The predicted octanol–water partition coefficient (Wildman–Crippen LogP) is 2.47. The number of benzene rings is 1. The molecule has 0 fully saturated rings. The van der Waals surface area contributed by atoms with Gasteiger partial charge in [0.2, 0.25) is 0 Å². The molecular formula is C19H24N2O6. The van der Waals surface area contributed by atoms with Gasteiger partial charge in [-0.2, -0.15) is 0 Å². The van der Waals surface area contributed by atoms with Gasteiger partial charge < -0.3 is 24.8 Å². The number of rotatable bonds is 7. The molecule has 0 aliphatic carbocycles. The second-order valence-corrected chi connectivity index (χ2v) is 5.65. The molecule has 8 heteroatoms. The number of hydrogen-bond acceptors (Lipinski definition) is 8. The summed E-state index contributed by atoms with van der Waals surface area (Å²) in [5.74, 6) is -1.44. The van der Waals surface area contributed by atoms with E-state index in [2.05, 4.69) is 10.6 Å². The lowest BCUT2D eigenvalue weighted by atomic mass is 10.0. The molecule has 2 rings (SSSR count). The van der Waals surface area contributed by atoms with E-state index >= 15 is 0 Å². The molecule has 0 unspecified atom stereocenters. The van der Waals surface area contributed by atoms with Crippen molar-refractivity contribution in [3.63, 3.8) is 0 Å². The van der Waals surface area contributed by atoms with Gasteiger partial charge in [-0.15, -0.1) is 0 Å². The minimum Gasteiger partial charge on any atom is -0.466 e. The van der Waals surface area contributed by atoms with Crippen molar-refractivity contribution in [2.45, 2.75) is 33.2 Å². The molecule has 27 heavy (non-hydrogen) atoms. The van der Waals surface area contributed by atoms with E-state index < -0.39 is 23.9 Å². The van der Waals surface area contributed by atoms with Crippen LogP contribution in [0.4, 0.5) is 11.4 Å². The highest BCUT2D eigenvalue weighted by Crippen LogP contribution is 2.30. The molecule has 1 aliphatic heterocycles. The topological polar surface area (TPSA) is 103 Å². The van der Waals surface area contributed by atoms with Gasteiger partial charge >= 0.3 is 17.9 Å². The van der Waals surface area contributed by atoms with Crippen LogP contribution in [0, 0.1) is 0 Å². The van der Waals surface area contributed by atoms with Crippen molar-refractivity contribution in [1.82, 2.24) is 0 Å². The number of carbonyl (C=O) groups excluding carboxylic acids is 3. The summed E-state index contributed by atoms with van der Waals surface area (Å²) < 4.78 is 15.1. The summed E-state index contributed by atoms with van der Waals surface area (Å²) in [5, 5.41) is 6.15. The fourth-order valence-electron chi connectivity index (χ4n) is 2.62. The van der Waals surface area contributed by atoms with Crippen molar-refractivity contribution in [2.75, 3.05) is 30.5 Å². The molecule has 1 aromatic carbocycles. The molecule has 0 spiro atoms. The lowest BCUT2D eigenvalue weighted by Crippen LogP contribution is -2.30. The van der Waals surface area contributed by atoms with Crippen LogP contribution in [0.5, 0.6) is 0 Å². The molecule has 0 saturated heterocycles. The maximum atomic E-state index is 12.3. The van der Waals surface area contributed by atoms with Crippen LogP contribution >= 0.6 is 0 Å². The highest BCUT2D eigenvalue weighted by atomic mass is 16.5. The number of fused-ring (bicyclic) bond motifs is 1. The largest absolute Gasteiger partial charge is 0.466 e. The third-order valence-electron chi connectivity index (χ3n) is 3.81. The van der Waals surface area contributed by atoms with Crippen LogP contribution in [-0.2, 0) is 23.8 Å². The molecule has 0 bridgehead atoms. The molecule has 2 N–H and O–H groups in total. The molecule has 8 nitrogen and oxygen atoms in total. The fraction of sp³-hybridized carbons (Fsp3) is 0.421. The molecule has 0 amide bonds. The second-order valence-electron chi connectivity index (χ2n) is 5.65. The summed E-state index contributed by atoms with van der Waals surface area (Å²) in [6, 6.07) is 4.25. The normalized spacial score (nSPS) is 15.2. The van der Waals surface area contributed by atoms with Gasteiger partial charge in [0.25, 0.3) is 0 Å². The molecule has 0 radical (unpaired) electrons. The Morgan fingerprint density at radius 2 is 1.59 bits per heavy atom. The second kappa shape index (κ2) is 9.61.